The van der Waals surface area contributed by atoms with Gasteiger partial charge in [0.05, 0.1) is 5.25 Å². The minimum atomic E-state index is -0.488. The second kappa shape index (κ2) is 13.4. The maximum Gasteiger partial charge on any atom is 0.272 e. The summed E-state index contributed by atoms with van der Waals surface area (Å²) >= 11 is 7.37. The van der Waals surface area contributed by atoms with Gasteiger partial charge in [-0.2, -0.15) is 0 Å². The molecule has 1 atom stereocenters. The van der Waals surface area contributed by atoms with E-state index in [1.165, 1.54) is 11.8 Å². The first-order chi connectivity index (χ1) is 18.9. The standard InChI is InChI=1S/C30H25ClN4O3S/c1-20(28(36)35-27-9-5-6-18-32-27)39-25-16-14-24(15-17-25)33-30(38)26(19-21-10-12-23(31)13-11-21)34-29(37)22-7-3-2-4-8-22/h2-20H,1H3,(H,33,38)(H,34,37)(H,32,35,36)/b26-19-. The SMILES string of the molecule is CC(Sc1ccc(NC(=O)/C(=C/c2ccc(Cl)cc2)NC(=O)c2ccccc2)cc1)C(=O)Nc1ccccn1. The van der Waals surface area contributed by atoms with Crippen molar-refractivity contribution in [2.24, 2.45) is 0 Å². The third kappa shape index (κ3) is 8.29. The summed E-state index contributed by atoms with van der Waals surface area (Å²) in [5.74, 6) is -0.564. The molecule has 1 heterocycles. The fourth-order valence-corrected chi connectivity index (χ4v) is 4.40. The summed E-state index contributed by atoms with van der Waals surface area (Å²) < 4.78 is 0. The predicted molar refractivity (Wildman–Crippen MR) is 157 cm³/mol. The van der Waals surface area contributed by atoms with Crippen molar-refractivity contribution in [3.63, 3.8) is 0 Å². The summed E-state index contributed by atoms with van der Waals surface area (Å²) in [6, 6.07) is 28.0. The van der Waals surface area contributed by atoms with Crippen LogP contribution in [0, 0.1) is 0 Å². The summed E-state index contributed by atoms with van der Waals surface area (Å²) in [6.45, 7) is 1.81. The Labute approximate surface area is 235 Å². The molecule has 3 amide bonds. The van der Waals surface area contributed by atoms with Crippen molar-refractivity contribution in [1.82, 2.24) is 10.3 Å². The lowest BCUT2D eigenvalue weighted by Gasteiger charge is -2.13. The molecule has 1 aromatic heterocycles. The van der Waals surface area contributed by atoms with Crippen molar-refractivity contribution >= 4 is 58.7 Å². The zero-order valence-corrected chi connectivity index (χ0v) is 22.5. The van der Waals surface area contributed by atoms with Gasteiger partial charge < -0.3 is 16.0 Å². The van der Waals surface area contributed by atoms with E-state index in [1.807, 2.05) is 25.1 Å². The normalized spacial score (nSPS) is 11.8. The highest BCUT2D eigenvalue weighted by Crippen LogP contribution is 2.26. The highest BCUT2D eigenvalue weighted by molar-refractivity contribution is 8.00. The number of hydrogen-bond acceptors (Lipinski definition) is 5. The Hall–Kier alpha value is -4.40. The van der Waals surface area contributed by atoms with Crippen LogP contribution in [-0.2, 0) is 9.59 Å². The van der Waals surface area contributed by atoms with E-state index in [-0.39, 0.29) is 16.9 Å². The highest BCUT2D eigenvalue weighted by Gasteiger charge is 2.17. The highest BCUT2D eigenvalue weighted by atomic mass is 35.5. The fourth-order valence-electron chi connectivity index (χ4n) is 3.41. The number of carbonyl (C=O) groups excluding carboxylic acids is 3. The number of pyridine rings is 1. The van der Waals surface area contributed by atoms with Crippen molar-refractivity contribution in [2.45, 2.75) is 17.1 Å². The number of thioether (sulfide) groups is 1. The van der Waals surface area contributed by atoms with Crippen molar-refractivity contribution in [3.8, 4) is 0 Å². The Bertz CT molecular complexity index is 1460. The molecule has 1 unspecified atom stereocenters. The number of benzene rings is 3. The minimum Gasteiger partial charge on any atom is -0.321 e. The van der Waals surface area contributed by atoms with Crippen LogP contribution in [0.1, 0.15) is 22.8 Å². The van der Waals surface area contributed by atoms with Gasteiger partial charge in [0.25, 0.3) is 11.8 Å². The van der Waals surface area contributed by atoms with Crippen LogP contribution < -0.4 is 16.0 Å². The molecule has 0 aliphatic rings. The van der Waals surface area contributed by atoms with E-state index in [4.69, 9.17) is 11.6 Å². The Morgan fingerprint density at radius 3 is 2.21 bits per heavy atom. The van der Waals surface area contributed by atoms with Crippen LogP contribution in [-0.4, -0.2) is 28.0 Å². The first kappa shape index (κ1) is 27.6. The Balaban J connectivity index is 1.43. The van der Waals surface area contributed by atoms with E-state index in [0.29, 0.717) is 27.7 Å². The van der Waals surface area contributed by atoms with E-state index < -0.39 is 11.8 Å². The molecular weight excluding hydrogens is 532 g/mol. The van der Waals surface area contributed by atoms with Gasteiger partial charge in [0, 0.05) is 27.4 Å². The zero-order valence-electron chi connectivity index (χ0n) is 20.9. The second-order valence-electron chi connectivity index (χ2n) is 8.37. The maximum absolute atomic E-state index is 13.2. The van der Waals surface area contributed by atoms with Crippen LogP contribution in [0.4, 0.5) is 11.5 Å². The summed E-state index contributed by atoms with van der Waals surface area (Å²) in [5.41, 5.74) is 1.73. The van der Waals surface area contributed by atoms with E-state index >= 15 is 0 Å². The van der Waals surface area contributed by atoms with E-state index in [9.17, 15) is 14.4 Å². The smallest absolute Gasteiger partial charge is 0.272 e. The number of anilines is 2. The average molecular weight is 557 g/mol. The van der Waals surface area contributed by atoms with Crippen molar-refractivity contribution in [3.05, 3.63) is 125 Å². The Morgan fingerprint density at radius 1 is 0.846 bits per heavy atom. The number of rotatable bonds is 9. The van der Waals surface area contributed by atoms with E-state index in [2.05, 4.69) is 20.9 Å². The number of carbonyl (C=O) groups is 3. The zero-order chi connectivity index (χ0) is 27.6. The summed E-state index contributed by atoms with van der Waals surface area (Å²) in [5, 5.41) is 8.51. The Morgan fingerprint density at radius 2 is 1.54 bits per heavy atom. The van der Waals surface area contributed by atoms with E-state index in [0.717, 1.165) is 4.90 Å². The molecule has 0 spiro atoms. The maximum atomic E-state index is 13.2. The number of nitrogens with one attached hydrogen (secondary N) is 3. The van der Waals surface area contributed by atoms with Crippen molar-refractivity contribution in [1.29, 1.82) is 0 Å². The second-order valence-corrected chi connectivity index (χ2v) is 10.2. The lowest BCUT2D eigenvalue weighted by molar-refractivity contribution is -0.115. The van der Waals surface area contributed by atoms with Gasteiger partial charge in [0.2, 0.25) is 5.91 Å². The molecule has 39 heavy (non-hydrogen) atoms. The first-order valence-electron chi connectivity index (χ1n) is 12.0. The average Bonchev–Trinajstić information content (AvgIpc) is 2.95. The third-order valence-corrected chi connectivity index (χ3v) is 6.78. The minimum absolute atomic E-state index is 0.0736. The molecule has 0 aliphatic carbocycles. The quantitative estimate of drug-likeness (QED) is 0.167. The van der Waals surface area contributed by atoms with Crippen LogP contribution in [0.15, 0.2) is 114 Å². The summed E-state index contributed by atoms with van der Waals surface area (Å²) in [4.78, 5) is 43.4. The fraction of sp³-hybridized carbons (Fsp3) is 0.0667. The molecule has 3 aromatic carbocycles. The molecule has 7 nitrogen and oxygen atoms in total. The molecule has 0 bridgehead atoms. The molecule has 196 valence electrons. The number of aromatic nitrogens is 1. The molecule has 0 aliphatic heterocycles. The van der Waals surface area contributed by atoms with Gasteiger partial charge in [0.15, 0.2) is 0 Å². The van der Waals surface area contributed by atoms with Gasteiger partial charge in [-0.25, -0.2) is 4.98 Å². The van der Waals surface area contributed by atoms with E-state index in [1.54, 1.807) is 91.1 Å². The summed E-state index contributed by atoms with van der Waals surface area (Å²) in [6.07, 6.45) is 3.20. The molecule has 3 N–H and O–H groups in total. The van der Waals surface area contributed by atoms with Gasteiger partial charge in [-0.05, 0) is 79.2 Å². The topological polar surface area (TPSA) is 100 Å². The molecule has 0 fully saturated rings. The van der Waals surface area contributed by atoms with Crippen LogP contribution in [0.3, 0.4) is 0 Å². The molecule has 9 heteroatoms. The monoisotopic (exact) mass is 556 g/mol. The van der Waals surface area contributed by atoms with Crippen LogP contribution >= 0.6 is 23.4 Å². The lowest BCUT2D eigenvalue weighted by Crippen LogP contribution is -2.30. The van der Waals surface area contributed by atoms with Gasteiger partial charge in [-0.1, -0.05) is 48.0 Å². The van der Waals surface area contributed by atoms with Gasteiger partial charge in [-0.3, -0.25) is 14.4 Å². The van der Waals surface area contributed by atoms with Crippen molar-refractivity contribution < 1.29 is 14.4 Å². The molecule has 0 saturated heterocycles. The van der Waals surface area contributed by atoms with Crippen molar-refractivity contribution in [2.75, 3.05) is 10.6 Å². The number of amides is 3. The van der Waals surface area contributed by atoms with Crippen LogP contribution in [0.5, 0.6) is 0 Å². The first-order valence-corrected chi connectivity index (χ1v) is 13.3. The number of halogens is 1. The van der Waals surface area contributed by atoms with Gasteiger partial charge >= 0.3 is 0 Å². The largest absolute Gasteiger partial charge is 0.321 e. The lowest BCUT2D eigenvalue weighted by atomic mass is 10.1. The summed E-state index contributed by atoms with van der Waals surface area (Å²) in [7, 11) is 0. The molecule has 0 saturated carbocycles. The number of nitrogens with zero attached hydrogens (tertiary/aromatic N) is 1. The van der Waals surface area contributed by atoms with Crippen LogP contribution in [0.25, 0.3) is 6.08 Å². The molecule has 4 aromatic rings. The van der Waals surface area contributed by atoms with Gasteiger partial charge in [0.1, 0.15) is 11.5 Å². The predicted octanol–water partition coefficient (Wildman–Crippen LogP) is 6.26. The third-order valence-electron chi connectivity index (χ3n) is 5.42. The molecular formula is C30H25ClN4O3S. The Kier molecular flexibility index (Phi) is 9.50. The number of hydrogen-bond donors (Lipinski definition) is 3. The van der Waals surface area contributed by atoms with Gasteiger partial charge in [-0.15, -0.1) is 11.8 Å². The van der Waals surface area contributed by atoms with Crippen LogP contribution in [0.2, 0.25) is 5.02 Å². The molecule has 0 radical (unpaired) electrons. The molecule has 4 rings (SSSR count).